The number of aromatic nitrogens is 2. The first-order valence-corrected chi connectivity index (χ1v) is 10.4. The number of aryl methyl sites for hydroxylation is 2. The molecule has 2 aromatic carbocycles. The highest BCUT2D eigenvalue weighted by Crippen LogP contribution is 2.32. The molecule has 0 aliphatic rings. The molecular formula is C22H22FN3O3S. The number of anilines is 1. The fourth-order valence-electron chi connectivity index (χ4n) is 3.33. The van der Waals surface area contributed by atoms with E-state index in [1.807, 2.05) is 26.0 Å². The Balaban J connectivity index is 1.89. The highest BCUT2D eigenvalue weighted by Gasteiger charge is 2.23. The molecule has 0 fully saturated rings. The molecule has 1 aromatic heterocycles. The quantitative estimate of drug-likeness (QED) is 0.594. The van der Waals surface area contributed by atoms with Gasteiger partial charge in [0.15, 0.2) is 0 Å². The van der Waals surface area contributed by atoms with Crippen molar-refractivity contribution in [2.24, 2.45) is 0 Å². The van der Waals surface area contributed by atoms with E-state index in [-0.39, 0.29) is 12.0 Å². The first-order chi connectivity index (χ1) is 14.3. The summed E-state index contributed by atoms with van der Waals surface area (Å²) in [5.74, 6) is -1.87. The van der Waals surface area contributed by atoms with E-state index in [0.717, 1.165) is 22.3 Å². The van der Waals surface area contributed by atoms with Gasteiger partial charge in [-0.2, -0.15) is 0 Å². The second kappa shape index (κ2) is 9.13. The smallest absolute Gasteiger partial charge is 0.303 e. The molecular weight excluding hydrogens is 405 g/mol. The molecule has 156 valence electrons. The number of carboxylic acids is 1. The summed E-state index contributed by atoms with van der Waals surface area (Å²) in [7, 11) is 0. The van der Waals surface area contributed by atoms with Crippen LogP contribution in [-0.4, -0.2) is 33.7 Å². The largest absolute Gasteiger partial charge is 0.481 e. The molecule has 0 saturated carbocycles. The SMILES string of the molecule is CCN(C(=O)c1ccccc1F)c1nnc(-c2cc(C)c(CCC(=O)O)c(C)c2)s1. The van der Waals surface area contributed by atoms with E-state index in [0.29, 0.717) is 23.1 Å². The Morgan fingerprint density at radius 3 is 2.40 bits per heavy atom. The maximum absolute atomic E-state index is 14.0. The molecule has 0 radical (unpaired) electrons. The van der Waals surface area contributed by atoms with E-state index < -0.39 is 17.7 Å². The molecule has 0 atom stereocenters. The van der Waals surface area contributed by atoms with Gasteiger partial charge < -0.3 is 5.11 Å². The fourth-order valence-corrected chi connectivity index (χ4v) is 4.22. The zero-order valence-corrected chi connectivity index (χ0v) is 17.8. The molecule has 0 bridgehead atoms. The van der Waals surface area contributed by atoms with Gasteiger partial charge >= 0.3 is 5.97 Å². The number of aliphatic carboxylic acids is 1. The van der Waals surface area contributed by atoms with Crippen LogP contribution in [0.1, 0.15) is 40.4 Å². The summed E-state index contributed by atoms with van der Waals surface area (Å²) < 4.78 is 14.0. The van der Waals surface area contributed by atoms with Gasteiger partial charge in [0.1, 0.15) is 10.8 Å². The van der Waals surface area contributed by atoms with Crippen molar-refractivity contribution >= 4 is 28.3 Å². The van der Waals surface area contributed by atoms with E-state index in [1.165, 1.54) is 34.4 Å². The van der Waals surface area contributed by atoms with Crippen molar-refractivity contribution in [3.63, 3.8) is 0 Å². The van der Waals surface area contributed by atoms with Crippen molar-refractivity contribution < 1.29 is 19.1 Å². The van der Waals surface area contributed by atoms with Crippen LogP contribution in [0.15, 0.2) is 36.4 Å². The van der Waals surface area contributed by atoms with E-state index in [4.69, 9.17) is 5.11 Å². The zero-order chi connectivity index (χ0) is 21.8. The molecule has 0 aliphatic heterocycles. The van der Waals surface area contributed by atoms with Crippen molar-refractivity contribution in [2.75, 3.05) is 11.4 Å². The molecule has 30 heavy (non-hydrogen) atoms. The Morgan fingerprint density at radius 1 is 1.13 bits per heavy atom. The first kappa shape index (κ1) is 21.6. The molecule has 0 unspecified atom stereocenters. The number of halogens is 1. The summed E-state index contributed by atoms with van der Waals surface area (Å²) in [5.41, 5.74) is 3.82. The average molecular weight is 428 g/mol. The van der Waals surface area contributed by atoms with Gasteiger partial charge in [-0.15, -0.1) is 10.2 Å². The maximum atomic E-state index is 14.0. The molecule has 0 aliphatic carbocycles. The van der Waals surface area contributed by atoms with Crippen molar-refractivity contribution in [2.45, 2.75) is 33.6 Å². The van der Waals surface area contributed by atoms with Gasteiger partial charge in [-0.3, -0.25) is 14.5 Å². The number of carboxylic acid groups (broad SMARTS) is 1. The van der Waals surface area contributed by atoms with Crippen molar-refractivity contribution in [3.05, 3.63) is 64.5 Å². The molecule has 3 aromatic rings. The summed E-state index contributed by atoms with van der Waals surface area (Å²) in [6, 6.07) is 9.76. The van der Waals surface area contributed by atoms with Gasteiger partial charge in [-0.1, -0.05) is 23.5 Å². The standard InChI is InChI=1S/C22H22FN3O3S/c1-4-26(21(29)17-7-5-6-8-18(17)23)22-25-24-20(30-22)15-11-13(2)16(14(3)12-15)9-10-19(27)28/h5-8,11-12H,4,9-10H2,1-3H3,(H,27,28). The van der Waals surface area contributed by atoms with Crippen LogP contribution >= 0.6 is 11.3 Å². The van der Waals surface area contributed by atoms with Crippen molar-refractivity contribution in [1.82, 2.24) is 10.2 Å². The van der Waals surface area contributed by atoms with Crippen LogP contribution < -0.4 is 4.90 Å². The summed E-state index contributed by atoms with van der Waals surface area (Å²) in [4.78, 5) is 25.1. The van der Waals surface area contributed by atoms with Gasteiger partial charge in [-0.05, 0) is 68.1 Å². The lowest BCUT2D eigenvalue weighted by Gasteiger charge is -2.17. The van der Waals surface area contributed by atoms with E-state index in [9.17, 15) is 14.0 Å². The highest BCUT2D eigenvalue weighted by molar-refractivity contribution is 7.18. The summed E-state index contributed by atoms with van der Waals surface area (Å²) in [6.45, 7) is 6.00. The third kappa shape index (κ3) is 4.54. The van der Waals surface area contributed by atoms with Gasteiger partial charge in [0.25, 0.3) is 5.91 Å². The summed E-state index contributed by atoms with van der Waals surface area (Å²) >= 11 is 1.26. The second-order valence-corrected chi connectivity index (χ2v) is 7.86. The summed E-state index contributed by atoms with van der Waals surface area (Å²) in [5, 5.41) is 18.4. The molecule has 3 rings (SSSR count). The predicted octanol–water partition coefficient (Wildman–Crippen LogP) is 4.64. The lowest BCUT2D eigenvalue weighted by atomic mass is 9.96. The molecule has 1 heterocycles. The first-order valence-electron chi connectivity index (χ1n) is 9.54. The monoisotopic (exact) mass is 427 g/mol. The minimum Gasteiger partial charge on any atom is -0.481 e. The number of benzene rings is 2. The maximum Gasteiger partial charge on any atom is 0.303 e. The van der Waals surface area contributed by atoms with Crippen LogP contribution in [0, 0.1) is 19.7 Å². The van der Waals surface area contributed by atoms with E-state index in [2.05, 4.69) is 10.2 Å². The van der Waals surface area contributed by atoms with Crippen LogP contribution in [0.4, 0.5) is 9.52 Å². The number of carbonyl (C=O) groups is 2. The van der Waals surface area contributed by atoms with E-state index in [1.54, 1.807) is 13.0 Å². The van der Waals surface area contributed by atoms with Crippen LogP contribution in [0.5, 0.6) is 0 Å². The molecule has 1 N–H and O–H groups in total. The third-order valence-corrected chi connectivity index (χ3v) is 5.84. The van der Waals surface area contributed by atoms with Gasteiger partial charge in [0.05, 0.1) is 5.56 Å². The van der Waals surface area contributed by atoms with Crippen molar-refractivity contribution in [1.29, 1.82) is 0 Å². The lowest BCUT2D eigenvalue weighted by molar-refractivity contribution is -0.136. The van der Waals surface area contributed by atoms with Gasteiger partial charge in [-0.25, -0.2) is 4.39 Å². The average Bonchev–Trinajstić information content (AvgIpc) is 3.17. The highest BCUT2D eigenvalue weighted by atomic mass is 32.1. The topological polar surface area (TPSA) is 83.4 Å². The number of carbonyl (C=O) groups excluding carboxylic acids is 1. The van der Waals surface area contributed by atoms with Crippen LogP contribution in [0.3, 0.4) is 0 Å². The fraction of sp³-hybridized carbons (Fsp3) is 0.273. The van der Waals surface area contributed by atoms with Crippen LogP contribution in [0.2, 0.25) is 0 Å². The van der Waals surface area contributed by atoms with Gasteiger partial charge in [0, 0.05) is 18.5 Å². The predicted molar refractivity (Wildman–Crippen MR) is 115 cm³/mol. The second-order valence-electron chi connectivity index (χ2n) is 6.90. The molecule has 6 nitrogen and oxygen atoms in total. The Morgan fingerprint density at radius 2 is 1.80 bits per heavy atom. The number of hydrogen-bond acceptors (Lipinski definition) is 5. The molecule has 1 amide bonds. The third-order valence-electron chi connectivity index (χ3n) is 4.84. The molecule has 8 heteroatoms. The van der Waals surface area contributed by atoms with Crippen molar-refractivity contribution in [3.8, 4) is 10.6 Å². The minimum absolute atomic E-state index is 0.00873. The lowest BCUT2D eigenvalue weighted by Crippen LogP contribution is -2.31. The number of nitrogens with zero attached hydrogens (tertiary/aromatic N) is 3. The summed E-state index contributed by atoms with van der Waals surface area (Å²) in [6.07, 6.45) is 0.545. The Labute approximate surface area is 178 Å². The van der Waals surface area contributed by atoms with Gasteiger partial charge in [0.2, 0.25) is 5.13 Å². The Bertz CT molecular complexity index is 1070. The van der Waals surface area contributed by atoms with E-state index >= 15 is 0 Å². The normalized spacial score (nSPS) is 10.8. The Kier molecular flexibility index (Phi) is 6.56. The number of hydrogen-bond donors (Lipinski definition) is 1. The number of rotatable bonds is 7. The minimum atomic E-state index is -0.828. The van der Waals surface area contributed by atoms with Crippen LogP contribution in [0.25, 0.3) is 10.6 Å². The Hall–Kier alpha value is -3.13. The molecule has 0 saturated heterocycles. The number of amides is 1. The molecule has 0 spiro atoms. The van der Waals surface area contributed by atoms with Crippen LogP contribution in [-0.2, 0) is 11.2 Å². The zero-order valence-electron chi connectivity index (χ0n) is 17.0.